The van der Waals surface area contributed by atoms with Gasteiger partial charge in [0.25, 0.3) is 0 Å². The Bertz CT molecular complexity index is 745. The summed E-state index contributed by atoms with van der Waals surface area (Å²) in [6.07, 6.45) is 6.98. The molecule has 0 atom stereocenters. The Labute approximate surface area is 147 Å². The fourth-order valence-electron chi connectivity index (χ4n) is 3.75. The van der Waals surface area contributed by atoms with Gasteiger partial charge in [0.2, 0.25) is 5.91 Å². The molecule has 25 heavy (non-hydrogen) atoms. The first-order valence-corrected chi connectivity index (χ1v) is 9.10. The van der Waals surface area contributed by atoms with Gasteiger partial charge in [-0.15, -0.1) is 0 Å². The summed E-state index contributed by atoms with van der Waals surface area (Å²) in [6.45, 7) is 5.90. The van der Waals surface area contributed by atoms with E-state index in [-0.39, 0.29) is 5.91 Å². The van der Waals surface area contributed by atoms with Crippen molar-refractivity contribution in [3.05, 3.63) is 12.5 Å². The molecule has 8 nitrogen and oxygen atoms in total. The Kier molecular flexibility index (Phi) is 4.52. The maximum Gasteiger partial charge on any atom is 0.236 e. The van der Waals surface area contributed by atoms with Gasteiger partial charge in [0, 0.05) is 46.3 Å². The fraction of sp³-hybridized carbons (Fsp3) is 0.647. The van der Waals surface area contributed by atoms with Gasteiger partial charge in [-0.25, -0.2) is 9.97 Å². The van der Waals surface area contributed by atoms with Crippen molar-refractivity contribution in [3.63, 3.8) is 0 Å². The van der Waals surface area contributed by atoms with Crippen LogP contribution in [0, 0.1) is 0 Å². The van der Waals surface area contributed by atoms with Crippen LogP contribution in [-0.2, 0) is 11.8 Å². The van der Waals surface area contributed by atoms with Gasteiger partial charge >= 0.3 is 0 Å². The molecule has 0 N–H and O–H groups in total. The van der Waals surface area contributed by atoms with Crippen LogP contribution in [0.5, 0.6) is 0 Å². The highest BCUT2D eigenvalue weighted by atomic mass is 16.2. The van der Waals surface area contributed by atoms with Crippen molar-refractivity contribution in [3.8, 4) is 0 Å². The maximum atomic E-state index is 12.4. The lowest BCUT2D eigenvalue weighted by molar-refractivity contribution is -0.133. The number of nitrogens with zero attached hydrogens (tertiary/aromatic N) is 7. The molecular formula is C17H25N7O. The van der Waals surface area contributed by atoms with E-state index in [9.17, 15) is 4.79 Å². The van der Waals surface area contributed by atoms with Crippen molar-refractivity contribution in [2.24, 2.45) is 7.05 Å². The number of amides is 1. The summed E-state index contributed by atoms with van der Waals surface area (Å²) in [5.41, 5.74) is 0.854. The molecule has 2 saturated heterocycles. The average Bonchev–Trinajstić information content (AvgIpc) is 3.04. The molecule has 4 rings (SSSR count). The summed E-state index contributed by atoms with van der Waals surface area (Å²) in [7, 11) is 1.89. The van der Waals surface area contributed by atoms with Crippen LogP contribution < -0.4 is 4.90 Å². The van der Waals surface area contributed by atoms with Crippen LogP contribution in [0.3, 0.4) is 0 Å². The summed E-state index contributed by atoms with van der Waals surface area (Å²) >= 11 is 0. The van der Waals surface area contributed by atoms with E-state index in [0.29, 0.717) is 6.54 Å². The monoisotopic (exact) mass is 343 g/mol. The van der Waals surface area contributed by atoms with Crippen molar-refractivity contribution in [1.29, 1.82) is 0 Å². The lowest BCUT2D eigenvalue weighted by Gasteiger charge is -2.36. The number of carbonyl (C=O) groups is 1. The van der Waals surface area contributed by atoms with Gasteiger partial charge in [-0.1, -0.05) is 0 Å². The molecule has 4 heterocycles. The standard InChI is InChI=1S/C17H25N7O/c1-21-16-14(11-20-21)17(19-13-18-16)24-9-7-22(8-10-24)12-15(25)23-5-3-2-4-6-23/h11,13H,2-10,12H2,1H3. The van der Waals surface area contributed by atoms with Gasteiger partial charge in [-0.2, -0.15) is 5.10 Å². The minimum absolute atomic E-state index is 0.282. The fourth-order valence-corrected chi connectivity index (χ4v) is 3.75. The molecule has 0 spiro atoms. The summed E-state index contributed by atoms with van der Waals surface area (Å²) in [4.78, 5) is 27.8. The number of hydrogen-bond donors (Lipinski definition) is 0. The van der Waals surface area contributed by atoms with Crippen LogP contribution in [0.1, 0.15) is 19.3 Å². The number of anilines is 1. The molecule has 2 aliphatic heterocycles. The molecule has 1 amide bonds. The molecule has 134 valence electrons. The number of piperazine rings is 1. The van der Waals surface area contributed by atoms with E-state index in [4.69, 9.17) is 0 Å². The summed E-state index contributed by atoms with van der Waals surface area (Å²) in [5.74, 6) is 1.23. The van der Waals surface area contributed by atoms with Crippen LogP contribution in [0.25, 0.3) is 11.0 Å². The lowest BCUT2D eigenvalue weighted by atomic mass is 10.1. The molecule has 0 saturated carbocycles. The second-order valence-corrected chi connectivity index (χ2v) is 6.91. The molecule has 0 bridgehead atoms. The molecule has 2 aromatic heterocycles. The van der Waals surface area contributed by atoms with E-state index in [2.05, 4.69) is 24.9 Å². The number of aryl methyl sites for hydroxylation is 1. The normalized spacial score (nSPS) is 19.6. The number of likely N-dealkylation sites (tertiary alicyclic amines) is 1. The third kappa shape index (κ3) is 3.30. The van der Waals surface area contributed by atoms with E-state index in [1.165, 1.54) is 6.42 Å². The number of piperidine rings is 1. The van der Waals surface area contributed by atoms with Gasteiger partial charge in [-0.3, -0.25) is 14.4 Å². The lowest BCUT2D eigenvalue weighted by Crippen LogP contribution is -2.51. The zero-order valence-electron chi connectivity index (χ0n) is 14.8. The second-order valence-electron chi connectivity index (χ2n) is 6.91. The number of carbonyl (C=O) groups excluding carboxylic acids is 1. The minimum Gasteiger partial charge on any atom is -0.353 e. The van der Waals surface area contributed by atoms with Crippen molar-refractivity contribution >= 4 is 22.8 Å². The van der Waals surface area contributed by atoms with Crippen molar-refractivity contribution in [2.75, 3.05) is 50.7 Å². The van der Waals surface area contributed by atoms with E-state index in [1.807, 2.05) is 18.1 Å². The van der Waals surface area contributed by atoms with Crippen LogP contribution in [0.15, 0.2) is 12.5 Å². The summed E-state index contributed by atoms with van der Waals surface area (Å²) in [6, 6.07) is 0. The first kappa shape index (κ1) is 16.3. The van der Waals surface area contributed by atoms with Crippen LogP contribution in [0.2, 0.25) is 0 Å². The summed E-state index contributed by atoms with van der Waals surface area (Å²) in [5, 5.41) is 5.27. The molecule has 0 unspecified atom stereocenters. The predicted molar refractivity (Wildman–Crippen MR) is 95.4 cm³/mol. The van der Waals surface area contributed by atoms with Crippen molar-refractivity contribution in [1.82, 2.24) is 29.5 Å². The molecule has 0 aliphatic carbocycles. The first-order chi connectivity index (χ1) is 12.2. The largest absolute Gasteiger partial charge is 0.353 e. The number of fused-ring (bicyclic) bond motifs is 1. The summed E-state index contributed by atoms with van der Waals surface area (Å²) < 4.78 is 1.77. The Balaban J connectivity index is 1.37. The van der Waals surface area contributed by atoms with Crippen molar-refractivity contribution < 1.29 is 4.79 Å². The third-order valence-corrected chi connectivity index (χ3v) is 5.25. The highest BCUT2D eigenvalue weighted by Gasteiger charge is 2.24. The van der Waals surface area contributed by atoms with Gasteiger partial charge in [0.15, 0.2) is 5.65 Å². The van der Waals surface area contributed by atoms with Crippen LogP contribution in [0.4, 0.5) is 5.82 Å². The second kappa shape index (κ2) is 6.95. The van der Waals surface area contributed by atoms with Gasteiger partial charge in [0.05, 0.1) is 18.1 Å². The minimum atomic E-state index is 0.282. The molecule has 8 heteroatoms. The number of aromatic nitrogens is 4. The molecule has 2 aromatic rings. The Morgan fingerprint density at radius 1 is 1.04 bits per heavy atom. The van der Waals surface area contributed by atoms with Crippen LogP contribution >= 0.6 is 0 Å². The molecular weight excluding hydrogens is 318 g/mol. The van der Waals surface area contributed by atoms with E-state index in [1.54, 1.807) is 11.0 Å². The SMILES string of the molecule is Cn1ncc2c(N3CCN(CC(=O)N4CCCCC4)CC3)ncnc21. The van der Waals surface area contributed by atoms with Gasteiger partial charge in [-0.05, 0) is 19.3 Å². The Morgan fingerprint density at radius 3 is 2.56 bits per heavy atom. The predicted octanol–water partition coefficient (Wildman–Crippen LogP) is 0.498. The highest BCUT2D eigenvalue weighted by molar-refractivity contribution is 5.86. The van der Waals surface area contributed by atoms with Gasteiger partial charge in [0.1, 0.15) is 12.1 Å². The first-order valence-electron chi connectivity index (χ1n) is 9.10. The topological polar surface area (TPSA) is 70.4 Å². The maximum absolute atomic E-state index is 12.4. The zero-order valence-corrected chi connectivity index (χ0v) is 14.8. The highest BCUT2D eigenvalue weighted by Crippen LogP contribution is 2.23. The number of hydrogen-bond acceptors (Lipinski definition) is 6. The molecule has 2 aliphatic rings. The quantitative estimate of drug-likeness (QED) is 0.808. The zero-order chi connectivity index (χ0) is 17.2. The van der Waals surface area contributed by atoms with E-state index < -0.39 is 0 Å². The van der Waals surface area contributed by atoms with Crippen molar-refractivity contribution in [2.45, 2.75) is 19.3 Å². The van der Waals surface area contributed by atoms with Gasteiger partial charge < -0.3 is 9.80 Å². The Morgan fingerprint density at radius 2 is 1.80 bits per heavy atom. The smallest absolute Gasteiger partial charge is 0.236 e. The average molecular weight is 343 g/mol. The molecule has 2 fully saturated rings. The van der Waals surface area contributed by atoms with E-state index in [0.717, 1.165) is 69.0 Å². The van der Waals surface area contributed by atoms with E-state index >= 15 is 0 Å². The number of rotatable bonds is 3. The van der Waals surface area contributed by atoms with Crippen LogP contribution in [-0.4, -0.2) is 81.3 Å². The Hall–Kier alpha value is -2.22. The molecule has 0 radical (unpaired) electrons. The third-order valence-electron chi connectivity index (χ3n) is 5.25. The molecule has 0 aromatic carbocycles.